The van der Waals surface area contributed by atoms with Crippen molar-refractivity contribution in [3.8, 4) is 11.5 Å². The molecule has 0 atom stereocenters. The van der Waals surface area contributed by atoms with Gasteiger partial charge >= 0.3 is 0 Å². The average molecular weight is 350 g/mol. The van der Waals surface area contributed by atoms with E-state index in [1.807, 2.05) is 0 Å². The second kappa shape index (κ2) is 5.91. The second-order valence-electron chi connectivity index (χ2n) is 3.56. The van der Waals surface area contributed by atoms with E-state index in [4.69, 9.17) is 27.9 Å². The number of hydrogen-bond acceptors (Lipinski definition) is 1. The lowest BCUT2D eigenvalue weighted by Gasteiger charge is -2.11. The lowest BCUT2D eigenvalue weighted by atomic mass is 10.2. The Morgan fingerprint density at radius 1 is 1.11 bits per heavy atom. The highest BCUT2D eigenvalue weighted by Crippen LogP contribution is 2.32. The number of ether oxygens (including phenoxy) is 1. The molecule has 0 saturated heterocycles. The molecule has 0 amide bonds. The monoisotopic (exact) mass is 348 g/mol. The first-order chi connectivity index (χ1) is 8.60. The molecule has 5 heteroatoms. The summed E-state index contributed by atoms with van der Waals surface area (Å²) in [4.78, 5) is 0. The van der Waals surface area contributed by atoms with Crippen molar-refractivity contribution >= 4 is 39.1 Å². The van der Waals surface area contributed by atoms with Crippen LogP contribution in [-0.4, -0.2) is 0 Å². The molecule has 2 aromatic carbocycles. The van der Waals surface area contributed by atoms with E-state index in [2.05, 4.69) is 15.9 Å². The Labute approximate surface area is 123 Å². The van der Waals surface area contributed by atoms with Gasteiger partial charge in [-0.3, -0.25) is 0 Å². The van der Waals surface area contributed by atoms with Crippen LogP contribution in [0.3, 0.4) is 0 Å². The van der Waals surface area contributed by atoms with Crippen LogP contribution >= 0.6 is 39.1 Å². The molecular weight excluding hydrogens is 342 g/mol. The number of halogens is 4. The van der Waals surface area contributed by atoms with Gasteiger partial charge in [-0.15, -0.1) is 11.6 Å². The first-order valence-electron chi connectivity index (χ1n) is 5.07. The van der Waals surface area contributed by atoms with E-state index in [-0.39, 0.29) is 11.6 Å². The summed E-state index contributed by atoms with van der Waals surface area (Å²) in [6.07, 6.45) is 0. The van der Waals surface area contributed by atoms with Crippen LogP contribution in [0, 0.1) is 5.82 Å². The summed E-state index contributed by atoms with van der Waals surface area (Å²) >= 11 is 14.9. The van der Waals surface area contributed by atoms with Gasteiger partial charge in [0.2, 0.25) is 0 Å². The molecule has 0 radical (unpaired) electrons. The molecule has 0 heterocycles. The Kier molecular flexibility index (Phi) is 4.49. The van der Waals surface area contributed by atoms with E-state index in [0.717, 1.165) is 10.0 Å². The average Bonchev–Trinajstić information content (AvgIpc) is 2.34. The van der Waals surface area contributed by atoms with Crippen LogP contribution in [0.1, 0.15) is 5.56 Å². The molecule has 0 aliphatic carbocycles. The first-order valence-corrected chi connectivity index (χ1v) is 6.78. The maximum absolute atomic E-state index is 13.6. The van der Waals surface area contributed by atoms with E-state index < -0.39 is 5.82 Å². The summed E-state index contributed by atoms with van der Waals surface area (Å²) in [7, 11) is 0. The molecule has 0 N–H and O–H groups in total. The summed E-state index contributed by atoms with van der Waals surface area (Å²) in [5, 5.41) is 0.509. The predicted molar refractivity (Wildman–Crippen MR) is 75.2 cm³/mol. The van der Waals surface area contributed by atoms with Gasteiger partial charge in [-0.25, -0.2) is 4.39 Å². The van der Waals surface area contributed by atoms with Crippen LogP contribution in [0.15, 0.2) is 40.9 Å². The Balaban J connectivity index is 2.38. The maximum Gasteiger partial charge on any atom is 0.165 e. The molecule has 0 unspecified atom stereocenters. The van der Waals surface area contributed by atoms with Gasteiger partial charge < -0.3 is 4.74 Å². The molecule has 0 spiro atoms. The van der Waals surface area contributed by atoms with Gasteiger partial charge in [-0.2, -0.15) is 0 Å². The van der Waals surface area contributed by atoms with Gasteiger partial charge in [0.25, 0.3) is 0 Å². The van der Waals surface area contributed by atoms with Gasteiger partial charge in [-0.1, -0.05) is 33.6 Å². The molecule has 0 aliphatic rings. The SMILES string of the molecule is Fc1ccc(Br)cc1Oc1cc(Cl)ccc1CCl. The summed E-state index contributed by atoms with van der Waals surface area (Å²) in [5.41, 5.74) is 0.750. The van der Waals surface area contributed by atoms with Crippen LogP contribution in [0.25, 0.3) is 0 Å². The lowest BCUT2D eigenvalue weighted by Crippen LogP contribution is -1.92. The van der Waals surface area contributed by atoms with E-state index in [9.17, 15) is 4.39 Å². The highest BCUT2D eigenvalue weighted by molar-refractivity contribution is 9.10. The quantitative estimate of drug-likeness (QED) is 0.639. The summed E-state index contributed by atoms with van der Waals surface area (Å²) in [5.74, 6) is 0.397. The smallest absolute Gasteiger partial charge is 0.165 e. The highest BCUT2D eigenvalue weighted by Gasteiger charge is 2.09. The van der Waals surface area contributed by atoms with Crippen LogP contribution in [0.2, 0.25) is 5.02 Å². The second-order valence-corrected chi connectivity index (χ2v) is 5.18. The summed E-state index contributed by atoms with van der Waals surface area (Å²) in [6, 6.07) is 9.55. The fourth-order valence-electron chi connectivity index (χ4n) is 1.41. The van der Waals surface area contributed by atoms with Gasteiger partial charge in [0.15, 0.2) is 11.6 Å². The molecule has 0 aromatic heterocycles. The number of alkyl halides is 1. The maximum atomic E-state index is 13.6. The number of benzene rings is 2. The molecule has 2 aromatic rings. The molecular formula is C13H8BrCl2FO. The van der Waals surface area contributed by atoms with Crippen molar-refractivity contribution in [3.05, 3.63) is 57.3 Å². The van der Waals surface area contributed by atoms with Gasteiger partial charge in [0.05, 0.1) is 5.88 Å². The third-order valence-electron chi connectivity index (χ3n) is 2.29. The van der Waals surface area contributed by atoms with Crippen LogP contribution in [-0.2, 0) is 5.88 Å². The summed E-state index contributed by atoms with van der Waals surface area (Å²) in [6.45, 7) is 0. The zero-order chi connectivity index (χ0) is 13.1. The van der Waals surface area contributed by atoms with Crippen molar-refractivity contribution in [2.24, 2.45) is 0 Å². The topological polar surface area (TPSA) is 9.23 Å². The predicted octanol–water partition coefficient (Wildman–Crippen LogP) is 5.77. The first kappa shape index (κ1) is 13.7. The van der Waals surface area contributed by atoms with Crippen LogP contribution in [0.5, 0.6) is 11.5 Å². The molecule has 0 saturated carbocycles. The Morgan fingerprint density at radius 3 is 2.61 bits per heavy atom. The van der Waals surface area contributed by atoms with Crippen molar-refractivity contribution in [1.82, 2.24) is 0 Å². The van der Waals surface area contributed by atoms with Crippen molar-refractivity contribution in [3.63, 3.8) is 0 Å². The zero-order valence-electron chi connectivity index (χ0n) is 9.09. The number of rotatable bonds is 3. The minimum atomic E-state index is -0.446. The van der Waals surface area contributed by atoms with E-state index in [1.54, 1.807) is 30.3 Å². The Hall–Kier alpha value is -0.770. The third-order valence-corrected chi connectivity index (χ3v) is 3.30. The van der Waals surface area contributed by atoms with Crippen molar-refractivity contribution in [2.45, 2.75) is 5.88 Å². The van der Waals surface area contributed by atoms with Crippen molar-refractivity contribution in [1.29, 1.82) is 0 Å². The molecule has 0 bridgehead atoms. The molecule has 94 valence electrons. The molecule has 0 fully saturated rings. The van der Waals surface area contributed by atoms with Gasteiger partial charge in [-0.05, 0) is 30.3 Å². The summed E-state index contributed by atoms with van der Waals surface area (Å²) < 4.78 is 19.8. The molecule has 0 aliphatic heterocycles. The largest absolute Gasteiger partial charge is 0.454 e. The lowest BCUT2D eigenvalue weighted by molar-refractivity contribution is 0.439. The van der Waals surface area contributed by atoms with Gasteiger partial charge in [0.1, 0.15) is 5.75 Å². The molecule has 1 nitrogen and oxygen atoms in total. The van der Waals surface area contributed by atoms with Crippen molar-refractivity contribution in [2.75, 3.05) is 0 Å². The fourth-order valence-corrected chi connectivity index (χ4v) is 2.13. The fraction of sp³-hybridized carbons (Fsp3) is 0.0769. The van der Waals surface area contributed by atoms with E-state index in [0.29, 0.717) is 10.8 Å². The normalized spacial score (nSPS) is 10.4. The Morgan fingerprint density at radius 2 is 1.89 bits per heavy atom. The Bertz CT molecular complexity index is 575. The highest BCUT2D eigenvalue weighted by atomic mass is 79.9. The van der Waals surface area contributed by atoms with Crippen molar-refractivity contribution < 1.29 is 9.13 Å². The van der Waals surface area contributed by atoms with Crippen LogP contribution < -0.4 is 4.74 Å². The van der Waals surface area contributed by atoms with Gasteiger partial charge in [0, 0.05) is 15.1 Å². The third kappa shape index (κ3) is 3.16. The minimum absolute atomic E-state index is 0.123. The zero-order valence-corrected chi connectivity index (χ0v) is 12.2. The van der Waals surface area contributed by atoms with E-state index in [1.165, 1.54) is 6.07 Å². The molecule has 2 rings (SSSR count). The number of hydrogen-bond donors (Lipinski definition) is 0. The van der Waals surface area contributed by atoms with Crippen LogP contribution in [0.4, 0.5) is 4.39 Å². The van der Waals surface area contributed by atoms with E-state index >= 15 is 0 Å². The standard InChI is InChI=1S/C13H8BrCl2FO/c14-9-2-4-11(17)13(5-9)18-12-6-10(16)3-1-8(12)7-15/h1-6H,7H2. The molecule has 18 heavy (non-hydrogen) atoms. The minimum Gasteiger partial charge on any atom is -0.454 e.